The van der Waals surface area contributed by atoms with E-state index in [2.05, 4.69) is 5.32 Å². The van der Waals surface area contributed by atoms with E-state index in [0.717, 1.165) is 26.3 Å². The van der Waals surface area contributed by atoms with Gasteiger partial charge in [-0.15, -0.1) is 0 Å². The van der Waals surface area contributed by atoms with Gasteiger partial charge in [0.05, 0.1) is 5.69 Å². The first-order valence-electron chi connectivity index (χ1n) is 8.47. The van der Waals surface area contributed by atoms with Gasteiger partial charge in [-0.05, 0) is 41.8 Å². The quantitative estimate of drug-likeness (QED) is 0.785. The van der Waals surface area contributed by atoms with E-state index >= 15 is 0 Å². The van der Waals surface area contributed by atoms with E-state index in [1.807, 2.05) is 26.0 Å². The number of rotatable bonds is 7. The van der Waals surface area contributed by atoms with Gasteiger partial charge in [-0.25, -0.2) is 8.70 Å². The Kier molecular flexibility index (Phi) is 6.56. The molecule has 8 heteroatoms. The molecular weight excluding hydrogens is 369 g/mol. The monoisotopic (exact) mass is 393 g/mol. The predicted octanol–water partition coefficient (Wildman–Crippen LogP) is 3.20. The second-order valence-corrected chi connectivity index (χ2v) is 8.63. The minimum atomic E-state index is -3.94. The average molecular weight is 393 g/mol. The Labute approximate surface area is 159 Å². The Morgan fingerprint density at radius 1 is 1.07 bits per heavy atom. The molecule has 2 aromatic carbocycles. The first kappa shape index (κ1) is 20.9. The lowest BCUT2D eigenvalue weighted by Crippen LogP contribution is -2.44. The molecule has 6 nitrogen and oxygen atoms in total. The van der Waals surface area contributed by atoms with E-state index in [1.165, 1.54) is 26.2 Å². The SMILES string of the molecule is CC(C)c1ccccc1NC(=O)CN(c1ccc(F)cc1)S(=O)(=O)N(C)C. The summed E-state index contributed by atoms with van der Waals surface area (Å²) in [5.74, 6) is -0.783. The Hall–Kier alpha value is -2.45. The lowest BCUT2D eigenvalue weighted by atomic mass is 10.0. The Morgan fingerprint density at radius 2 is 1.67 bits per heavy atom. The number of amides is 1. The number of halogens is 1. The fraction of sp³-hybridized carbons (Fsp3) is 0.316. The molecule has 0 saturated carbocycles. The van der Waals surface area contributed by atoms with Crippen molar-refractivity contribution in [1.29, 1.82) is 0 Å². The molecule has 27 heavy (non-hydrogen) atoms. The van der Waals surface area contributed by atoms with Gasteiger partial charge in [0.15, 0.2) is 0 Å². The molecule has 0 aliphatic heterocycles. The van der Waals surface area contributed by atoms with Crippen molar-refractivity contribution in [1.82, 2.24) is 4.31 Å². The molecule has 2 rings (SSSR count). The average Bonchev–Trinajstić information content (AvgIpc) is 2.60. The normalized spacial score (nSPS) is 11.7. The Bertz CT molecular complexity index is 897. The zero-order valence-electron chi connectivity index (χ0n) is 15.8. The highest BCUT2D eigenvalue weighted by molar-refractivity contribution is 7.90. The van der Waals surface area contributed by atoms with E-state index < -0.39 is 28.5 Å². The summed E-state index contributed by atoms with van der Waals surface area (Å²) in [6, 6.07) is 12.3. The van der Waals surface area contributed by atoms with Crippen molar-refractivity contribution < 1.29 is 17.6 Å². The second-order valence-electron chi connectivity index (χ2n) is 6.56. The highest BCUT2D eigenvalue weighted by Gasteiger charge is 2.27. The summed E-state index contributed by atoms with van der Waals surface area (Å²) in [5, 5.41) is 2.78. The van der Waals surface area contributed by atoms with Crippen molar-refractivity contribution in [2.75, 3.05) is 30.3 Å². The minimum Gasteiger partial charge on any atom is -0.324 e. The number of hydrogen-bond acceptors (Lipinski definition) is 3. The van der Waals surface area contributed by atoms with E-state index in [9.17, 15) is 17.6 Å². The van der Waals surface area contributed by atoms with E-state index in [1.54, 1.807) is 12.1 Å². The van der Waals surface area contributed by atoms with Crippen molar-refractivity contribution in [3.05, 3.63) is 59.9 Å². The Balaban J connectivity index is 2.30. The van der Waals surface area contributed by atoms with Crippen molar-refractivity contribution in [3.63, 3.8) is 0 Å². The maximum absolute atomic E-state index is 13.2. The maximum atomic E-state index is 13.2. The number of carbonyl (C=O) groups excluding carboxylic acids is 1. The number of hydrogen-bond donors (Lipinski definition) is 1. The highest BCUT2D eigenvalue weighted by atomic mass is 32.2. The van der Waals surface area contributed by atoms with Crippen LogP contribution < -0.4 is 9.62 Å². The summed E-state index contributed by atoms with van der Waals surface area (Å²) in [5.41, 5.74) is 1.80. The van der Waals surface area contributed by atoms with Crippen LogP contribution in [0.15, 0.2) is 48.5 Å². The molecule has 0 spiro atoms. The number of anilines is 2. The molecule has 0 aromatic heterocycles. The first-order chi connectivity index (χ1) is 12.6. The minimum absolute atomic E-state index is 0.195. The summed E-state index contributed by atoms with van der Waals surface area (Å²) >= 11 is 0. The van der Waals surface area contributed by atoms with E-state index in [-0.39, 0.29) is 11.6 Å². The van der Waals surface area contributed by atoms with Gasteiger partial charge in [0.2, 0.25) is 5.91 Å². The van der Waals surface area contributed by atoms with Crippen LogP contribution >= 0.6 is 0 Å². The van der Waals surface area contributed by atoms with Crippen LogP contribution in [0.25, 0.3) is 0 Å². The van der Waals surface area contributed by atoms with Crippen LogP contribution in [0.3, 0.4) is 0 Å². The molecule has 0 unspecified atom stereocenters. The van der Waals surface area contributed by atoms with Crippen LogP contribution in [0, 0.1) is 5.82 Å². The number of benzene rings is 2. The summed E-state index contributed by atoms with van der Waals surface area (Å²) in [7, 11) is -1.19. The third-order valence-electron chi connectivity index (χ3n) is 4.00. The van der Waals surface area contributed by atoms with Crippen LogP contribution in [0.1, 0.15) is 25.3 Å². The largest absolute Gasteiger partial charge is 0.324 e. The molecule has 146 valence electrons. The number of nitrogens with one attached hydrogen (secondary N) is 1. The maximum Gasteiger partial charge on any atom is 0.304 e. The highest BCUT2D eigenvalue weighted by Crippen LogP contribution is 2.24. The standard InChI is InChI=1S/C19H24FN3O3S/c1-14(2)17-7-5-6-8-18(17)21-19(24)13-23(27(25,26)22(3)4)16-11-9-15(20)10-12-16/h5-12,14H,13H2,1-4H3,(H,21,24). The van der Waals surface area contributed by atoms with Crippen molar-refractivity contribution in [2.45, 2.75) is 19.8 Å². The zero-order valence-corrected chi connectivity index (χ0v) is 16.6. The van der Waals surface area contributed by atoms with Crippen molar-refractivity contribution in [3.8, 4) is 0 Å². The van der Waals surface area contributed by atoms with Gasteiger partial charge in [-0.2, -0.15) is 12.7 Å². The fourth-order valence-electron chi connectivity index (χ4n) is 2.55. The van der Waals surface area contributed by atoms with Crippen molar-refractivity contribution >= 4 is 27.5 Å². The molecule has 0 aliphatic rings. The van der Waals surface area contributed by atoms with E-state index in [4.69, 9.17) is 0 Å². The fourth-order valence-corrected chi connectivity index (χ4v) is 3.61. The zero-order chi connectivity index (χ0) is 20.2. The van der Waals surface area contributed by atoms with E-state index in [0.29, 0.717) is 5.69 Å². The summed E-state index contributed by atoms with van der Waals surface area (Å²) < 4.78 is 40.5. The third-order valence-corrected chi connectivity index (χ3v) is 5.82. The molecule has 0 radical (unpaired) electrons. The topological polar surface area (TPSA) is 69.7 Å². The molecule has 0 bridgehead atoms. The van der Waals surface area contributed by atoms with Gasteiger partial charge >= 0.3 is 10.2 Å². The molecule has 0 saturated heterocycles. The lowest BCUT2D eigenvalue weighted by Gasteiger charge is -2.27. The van der Waals surface area contributed by atoms with Crippen LogP contribution in [0.2, 0.25) is 0 Å². The molecule has 1 amide bonds. The molecule has 1 N–H and O–H groups in total. The van der Waals surface area contributed by atoms with Gasteiger partial charge in [-0.3, -0.25) is 4.79 Å². The number of nitrogens with zero attached hydrogens (tertiary/aromatic N) is 2. The summed E-state index contributed by atoms with van der Waals surface area (Å²) in [4.78, 5) is 12.6. The Morgan fingerprint density at radius 3 is 2.22 bits per heavy atom. The molecular formula is C19H24FN3O3S. The molecule has 0 fully saturated rings. The van der Waals surface area contributed by atoms with Gasteiger partial charge in [-0.1, -0.05) is 32.0 Å². The van der Waals surface area contributed by atoms with Crippen LogP contribution in [-0.2, 0) is 15.0 Å². The summed E-state index contributed by atoms with van der Waals surface area (Å²) in [6.07, 6.45) is 0. The van der Waals surface area contributed by atoms with Gasteiger partial charge in [0.1, 0.15) is 12.4 Å². The van der Waals surface area contributed by atoms with Crippen LogP contribution in [0.4, 0.5) is 15.8 Å². The number of para-hydroxylation sites is 1. The number of carbonyl (C=O) groups is 1. The van der Waals surface area contributed by atoms with Gasteiger partial charge in [0, 0.05) is 19.8 Å². The first-order valence-corrected chi connectivity index (χ1v) is 9.87. The molecule has 0 aliphatic carbocycles. The lowest BCUT2D eigenvalue weighted by molar-refractivity contribution is -0.114. The predicted molar refractivity (Wildman–Crippen MR) is 106 cm³/mol. The summed E-state index contributed by atoms with van der Waals surface area (Å²) in [6.45, 7) is 3.58. The van der Waals surface area contributed by atoms with Gasteiger partial charge in [0.25, 0.3) is 0 Å². The van der Waals surface area contributed by atoms with Gasteiger partial charge < -0.3 is 5.32 Å². The molecule has 0 heterocycles. The molecule has 2 aromatic rings. The van der Waals surface area contributed by atoms with Crippen LogP contribution in [-0.4, -0.2) is 39.3 Å². The smallest absolute Gasteiger partial charge is 0.304 e. The van der Waals surface area contributed by atoms with Crippen molar-refractivity contribution in [2.24, 2.45) is 0 Å². The molecule has 0 atom stereocenters. The third kappa shape index (κ3) is 5.05. The second kappa shape index (κ2) is 8.49. The van der Waals surface area contributed by atoms with Crippen LogP contribution in [0.5, 0.6) is 0 Å².